The Labute approximate surface area is 113 Å². The maximum Gasteiger partial charge on any atom is 0.308 e. The number of rotatable bonds is 7. The number of halogens is 2. The van der Waals surface area contributed by atoms with Gasteiger partial charge in [0, 0.05) is 12.6 Å². The lowest BCUT2D eigenvalue weighted by molar-refractivity contribution is -0.384. The van der Waals surface area contributed by atoms with Crippen LogP contribution in [-0.2, 0) is 4.79 Å². The van der Waals surface area contributed by atoms with E-state index in [0.717, 1.165) is 6.07 Å². The number of carboxylic acid groups (broad SMARTS) is 1. The molecular weight excluding hydrogens is 274 g/mol. The molecule has 1 unspecified atom stereocenters. The minimum atomic E-state index is -1.39. The quantitative estimate of drug-likeness (QED) is 0.594. The van der Waals surface area contributed by atoms with Crippen LogP contribution in [0.15, 0.2) is 12.1 Å². The number of nitrogens with zero attached hydrogens (tertiary/aromatic N) is 1. The Balaban J connectivity index is 2.98. The van der Waals surface area contributed by atoms with Gasteiger partial charge in [0.2, 0.25) is 0 Å². The number of carboxylic acids is 1. The molecule has 0 fully saturated rings. The Morgan fingerprint density at radius 1 is 1.50 bits per heavy atom. The summed E-state index contributed by atoms with van der Waals surface area (Å²) in [6.45, 7) is 1.56. The highest BCUT2D eigenvalue weighted by molar-refractivity contribution is 5.71. The summed E-state index contributed by atoms with van der Waals surface area (Å²) < 4.78 is 26.7. The third kappa shape index (κ3) is 3.62. The van der Waals surface area contributed by atoms with Crippen LogP contribution < -0.4 is 5.32 Å². The lowest BCUT2D eigenvalue weighted by Crippen LogP contribution is -2.23. The van der Waals surface area contributed by atoms with Crippen molar-refractivity contribution < 1.29 is 23.6 Å². The number of hydrogen-bond acceptors (Lipinski definition) is 4. The van der Waals surface area contributed by atoms with E-state index in [4.69, 9.17) is 5.11 Å². The molecule has 110 valence electrons. The Morgan fingerprint density at radius 2 is 2.15 bits per heavy atom. The van der Waals surface area contributed by atoms with Crippen molar-refractivity contribution in [3.8, 4) is 0 Å². The molecule has 0 aliphatic carbocycles. The monoisotopic (exact) mass is 288 g/mol. The first kappa shape index (κ1) is 15.8. The van der Waals surface area contributed by atoms with E-state index in [1.54, 1.807) is 6.92 Å². The largest absolute Gasteiger partial charge is 0.481 e. The molecule has 20 heavy (non-hydrogen) atoms. The van der Waals surface area contributed by atoms with Gasteiger partial charge in [-0.25, -0.2) is 8.78 Å². The number of aliphatic carboxylic acids is 1. The lowest BCUT2D eigenvalue weighted by Gasteiger charge is -2.14. The van der Waals surface area contributed by atoms with Gasteiger partial charge >= 0.3 is 5.97 Å². The predicted molar refractivity (Wildman–Crippen MR) is 67.5 cm³/mol. The second kappa shape index (κ2) is 6.78. The normalized spacial score (nSPS) is 11.9. The maximum absolute atomic E-state index is 13.6. The summed E-state index contributed by atoms with van der Waals surface area (Å²) >= 11 is 0. The van der Waals surface area contributed by atoms with E-state index >= 15 is 0 Å². The molecule has 1 aromatic carbocycles. The molecule has 1 aromatic rings. The Morgan fingerprint density at radius 3 is 2.65 bits per heavy atom. The number of carbonyl (C=O) groups is 1. The highest BCUT2D eigenvalue weighted by Gasteiger charge is 2.24. The third-order valence-electron chi connectivity index (χ3n) is 2.78. The molecule has 6 nitrogen and oxygen atoms in total. The lowest BCUT2D eigenvalue weighted by atomic mass is 10.0. The van der Waals surface area contributed by atoms with E-state index in [1.165, 1.54) is 0 Å². The molecule has 0 aliphatic rings. The molecule has 0 aliphatic heterocycles. The number of nitrogens with one attached hydrogen (secondary N) is 1. The molecular formula is C12H14F2N2O4. The predicted octanol–water partition coefficient (Wildman–Crippen LogP) is 2.79. The van der Waals surface area contributed by atoms with Crippen molar-refractivity contribution in [2.45, 2.75) is 19.8 Å². The van der Waals surface area contributed by atoms with Crippen LogP contribution >= 0.6 is 0 Å². The average Bonchev–Trinajstić information content (AvgIpc) is 2.38. The molecule has 8 heteroatoms. The zero-order valence-electron chi connectivity index (χ0n) is 10.7. The van der Waals surface area contributed by atoms with Crippen LogP contribution in [0.1, 0.15) is 19.8 Å². The molecule has 0 heterocycles. The summed E-state index contributed by atoms with van der Waals surface area (Å²) in [7, 11) is 0. The second-order valence-electron chi connectivity index (χ2n) is 4.22. The third-order valence-corrected chi connectivity index (χ3v) is 2.78. The van der Waals surface area contributed by atoms with Crippen LogP contribution in [0.3, 0.4) is 0 Å². The standard InChI is InChI=1S/C12H14F2N2O4/c1-2-3-7(12(17)18)6-15-11-9(16(19)20)5-4-8(13)10(11)14/h4-5,7,15H,2-3,6H2,1H3,(H,17,18). The number of anilines is 1. The van der Waals surface area contributed by atoms with Gasteiger partial charge in [0.15, 0.2) is 17.3 Å². The Hall–Kier alpha value is -2.25. The van der Waals surface area contributed by atoms with Crippen LogP contribution in [-0.4, -0.2) is 22.5 Å². The molecule has 0 aromatic heterocycles. The summed E-state index contributed by atoms with van der Waals surface area (Å²) in [5.41, 5.74) is -1.26. The van der Waals surface area contributed by atoms with E-state index in [1.807, 2.05) is 0 Å². The van der Waals surface area contributed by atoms with Crippen molar-refractivity contribution in [3.63, 3.8) is 0 Å². The summed E-state index contributed by atoms with van der Waals surface area (Å²) in [5.74, 6) is -4.55. The van der Waals surface area contributed by atoms with E-state index < -0.39 is 39.8 Å². The molecule has 1 atom stereocenters. The van der Waals surface area contributed by atoms with Gasteiger partial charge in [-0.1, -0.05) is 13.3 Å². The second-order valence-corrected chi connectivity index (χ2v) is 4.22. The van der Waals surface area contributed by atoms with Crippen LogP contribution in [0.25, 0.3) is 0 Å². The number of benzene rings is 1. The SMILES string of the molecule is CCCC(CNc1c([N+](=O)[O-])ccc(F)c1F)C(=O)O. The maximum atomic E-state index is 13.6. The number of nitro groups is 1. The van der Waals surface area contributed by atoms with Crippen LogP contribution in [0.4, 0.5) is 20.2 Å². The number of nitro benzene ring substituents is 1. The van der Waals surface area contributed by atoms with E-state index in [0.29, 0.717) is 18.9 Å². The first-order chi connectivity index (χ1) is 9.38. The molecule has 0 radical (unpaired) electrons. The fraction of sp³-hybridized carbons (Fsp3) is 0.417. The zero-order valence-corrected chi connectivity index (χ0v) is 10.7. The molecule has 0 amide bonds. The minimum Gasteiger partial charge on any atom is -0.481 e. The van der Waals surface area contributed by atoms with Gasteiger partial charge < -0.3 is 10.4 Å². The fourth-order valence-corrected chi connectivity index (χ4v) is 1.75. The van der Waals surface area contributed by atoms with Crippen LogP contribution in [0.2, 0.25) is 0 Å². The van der Waals surface area contributed by atoms with Gasteiger partial charge in [0.1, 0.15) is 0 Å². The highest BCUT2D eigenvalue weighted by atomic mass is 19.2. The molecule has 0 bridgehead atoms. The van der Waals surface area contributed by atoms with Gasteiger partial charge in [-0.15, -0.1) is 0 Å². The first-order valence-electron chi connectivity index (χ1n) is 5.97. The fourth-order valence-electron chi connectivity index (χ4n) is 1.75. The molecule has 1 rings (SSSR count). The number of hydrogen-bond donors (Lipinski definition) is 2. The van der Waals surface area contributed by atoms with Gasteiger partial charge in [0.25, 0.3) is 5.69 Å². The van der Waals surface area contributed by atoms with E-state index in [2.05, 4.69) is 5.32 Å². The van der Waals surface area contributed by atoms with Crippen molar-refractivity contribution in [3.05, 3.63) is 33.9 Å². The smallest absolute Gasteiger partial charge is 0.308 e. The van der Waals surface area contributed by atoms with Crippen molar-refractivity contribution >= 4 is 17.3 Å². The van der Waals surface area contributed by atoms with Crippen molar-refractivity contribution in [1.82, 2.24) is 0 Å². The molecule has 0 spiro atoms. The summed E-state index contributed by atoms with van der Waals surface area (Å²) in [4.78, 5) is 20.8. The molecule has 2 N–H and O–H groups in total. The summed E-state index contributed by atoms with van der Waals surface area (Å²) in [5, 5.41) is 22.0. The average molecular weight is 288 g/mol. The van der Waals surface area contributed by atoms with E-state index in [9.17, 15) is 23.7 Å². The Bertz CT molecular complexity index is 522. The Kier molecular flexibility index (Phi) is 5.36. The van der Waals surface area contributed by atoms with Crippen LogP contribution in [0.5, 0.6) is 0 Å². The van der Waals surface area contributed by atoms with Crippen molar-refractivity contribution in [1.29, 1.82) is 0 Å². The van der Waals surface area contributed by atoms with Gasteiger partial charge in [-0.2, -0.15) is 0 Å². The van der Waals surface area contributed by atoms with Gasteiger partial charge in [-0.05, 0) is 12.5 Å². The van der Waals surface area contributed by atoms with Crippen LogP contribution in [0, 0.1) is 27.7 Å². The van der Waals surface area contributed by atoms with Gasteiger partial charge in [0.05, 0.1) is 10.8 Å². The van der Waals surface area contributed by atoms with Crippen molar-refractivity contribution in [2.24, 2.45) is 5.92 Å². The topological polar surface area (TPSA) is 92.5 Å². The van der Waals surface area contributed by atoms with Gasteiger partial charge in [-0.3, -0.25) is 14.9 Å². The zero-order chi connectivity index (χ0) is 15.3. The minimum absolute atomic E-state index is 0.218. The van der Waals surface area contributed by atoms with E-state index in [-0.39, 0.29) is 6.54 Å². The van der Waals surface area contributed by atoms with Crippen molar-refractivity contribution in [2.75, 3.05) is 11.9 Å². The molecule has 0 saturated carbocycles. The molecule has 0 saturated heterocycles. The first-order valence-corrected chi connectivity index (χ1v) is 5.97. The summed E-state index contributed by atoms with van der Waals surface area (Å²) in [6.07, 6.45) is 0.916. The summed E-state index contributed by atoms with van der Waals surface area (Å²) in [6, 6.07) is 1.48. The highest BCUT2D eigenvalue weighted by Crippen LogP contribution is 2.29.